The highest BCUT2D eigenvalue weighted by Crippen LogP contribution is 2.13. The van der Waals surface area contributed by atoms with Gasteiger partial charge in [-0.3, -0.25) is 4.79 Å². The number of hydrogen-bond acceptors (Lipinski definition) is 3. The molecule has 0 spiro atoms. The van der Waals surface area contributed by atoms with Crippen LogP contribution in [0.5, 0.6) is 0 Å². The van der Waals surface area contributed by atoms with E-state index in [2.05, 4.69) is 0 Å². The van der Waals surface area contributed by atoms with Gasteiger partial charge in [0.25, 0.3) is 0 Å². The molecule has 3 heteroatoms. The van der Waals surface area contributed by atoms with Gasteiger partial charge in [-0.15, -0.1) is 0 Å². The van der Waals surface area contributed by atoms with E-state index in [0.29, 0.717) is 12.0 Å². The highest BCUT2D eigenvalue weighted by Gasteiger charge is 2.05. The van der Waals surface area contributed by atoms with Gasteiger partial charge in [0, 0.05) is 6.42 Å². The van der Waals surface area contributed by atoms with Gasteiger partial charge in [0.05, 0.1) is 6.61 Å². The molecule has 14 heavy (non-hydrogen) atoms. The van der Waals surface area contributed by atoms with E-state index in [1.54, 1.807) is 24.3 Å². The number of rotatable bonds is 4. The third kappa shape index (κ3) is 2.94. The number of aliphatic hydroxyl groups excluding tert-OH is 2. The third-order valence-corrected chi connectivity index (χ3v) is 1.99. The largest absolute Gasteiger partial charge is 0.393 e. The zero-order valence-corrected chi connectivity index (χ0v) is 8.10. The molecule has 1 aromatic carbocycles. The van der Waals surface area contributed by atoms with Gasteiger partial charge in [0.1, 0.15) is 11.9 Å². The van der Waals surface area contributed by atoms with Crippen LogP contribution in [0.2, 0.25) is 0 Å². The van der Waals surface area contributed by atoms with Gasteiger partial charge in [-0.1, -0.05) is 24.3 Å². The van der Waals surface area contributed by atoms with Crippen LogP contribution >= 0.6 is 0 Å². The maximum absolute atomic E-state index is 10.8. The molecule has 0 saturated carbocycles. The Kier molecular flexibility index (Phi) is 3.80. The van der Waals surface area contributed by atoms with Crippen molar-refractivity contribution in [3.63, 3.8) is 0 Å². The average molecular weight is 194 g/mol. The number of aliphatic hydroxyl groups is 2. The fourth-order valence-electron chi connectivity index (χ4n) is 1.25. The molecule has 0 heterocycles. The summed E-state index contributed by atoms with van der Waals surface area (Å²) in [5.74, 6) is 0.112. The highest BCUT2D eigenvalue weighted by atomic mass is 16.3. The third-order valence-electron chi connectivity index (χ3n) is 1.99. The summed E-state index contributed by atoms with van der Waals surface area (Å²) in [6.07, 6.45) is -0.420. The van der Waals surface area contributed by atoms with Crippen LogP contribution in [0.3, 0.4) is 0 Å². The summed E-state index contributed by atoms with van der Waals surface area (Å²) < 4.78 is 0. The number of benzene rings is 1. The molecular weight excluding hydrogens is 180 g/mol. The number of ketones is 1. The molecule has 0 radical (unpaired) electrons. The zero-order chi connectivity index (χ0) is 10.6. The number of carbonyl (C=O) groups excluding carboxylic acids is 1. The molecule has 1 rings (SSSR count). The molecule has 0 aliphatic rings. The minimum Gasteiger partial charge on any atom is -0.393 e. The molecule has 1 atom stereocenters. The second kappa shape index (κ2) is 4.88. The minimum atomic E-state index is -0.832. The van der Waals surface area contributed by atoms with Crippen molar-refractivity contribution in [1.29, 1.82) is 0 Å². The number of Topliss-reactive ketones (excluding diaryl/α,β-unsaturated/α-hetero) is 1. The summed E-state index contributed by atoms with van der Waals surface area (Å²) in [5.41, 5.74) is 1.59. The van der Waals surface area contributed by atoms with Crippen LogP contribution in [0, 0.1) is 0 Å². The van der Waals surface area contributed by atoms with Crippen LogP contribution in [0.15, 0.2) is 24.3 Å². The van der Waals surface area contributed by atoms with Crippen molar-refractivity contribution in [3.8, 4) is 0 Å². The summed E-state index contributed by atoms with van der Waals surface area (Å²) in [6, 6.07) is 7.02. The van der Waals surface area contributed by atoms with E-state index in [9.17, 15) is 9.90 Å². The van der Waals surface area contributed by atoms with E-state index in [0.717, 1.165) is 5.56 Å². The SMILES string of the molecule is CC(=O)Cc1ccc(C(O)CO)cc1. The Morgan fingerprint density at radius 1 is 1.36 bits per heavy atom. The molecule has 76 valence electrons. The van der Waals surface area contributed by atoms with Crippen LogP contribution in [0.4, 0.5) is 0 Å². The summed E-state index contributed by atoms with van der Waals surface area (Å²) >= 11 is 0. The molecular formula is C11H14O3. The first-order valence-electron chi connectivity index (χ1n) is 4.50. The van der Waals surface area contributed by atoms with Gasteiger partial charge in [0.2, 0.25) is 0 Å². The molecule has 1 unspecified atom stereocenters. The zero-order valence-electron chi connectivity index (χ0n) is 8.10. The van der Waals surface area contributed by atoms with E-state index in [-0.39, 0.29) is 12.4 Å². The molecule has 0 bridgehead atoms. The smallest absolute Gasteiger partial charge is 0.134 e. The van der Waals surface area contributed by atoms with E-state index < -0.39 is 6.10 Å². The Bertz CT molecular complexity index is 303. The highest BCUT2D eigenvalue weighted by molar-refractivity contribution is 5.78. The van der Waals surface area contributed by atoms with Crippen molar-refractivity contribution in [2.24, 2.45) is 0 Å². The molecule has 0 aromatic heterocycles. The first-order chi connectivity index (χ1) is 6.63. The van der Waals surface area contributed by atoms with Gasteiger partial charge >= 0.3 is 0 Å². The van der Waals surface area contributed by atoms with Crippen molar-refractivity contribution in [1.82, 2.24) is 0 Å². The van der Waals surface area contributed by atoms with Gasteiger partial charge < -0.3 is 10.2 Å². The van der Waals surface area contributed by atoms with E-state index in [4.69, 9.17) is 5.11 Å². The Morgan fingerprint density at radius 3 is 2.36 bits per heavy atom. The topological polar surface area (TPSA) is 57.5 Å². The predicted molar refractivity (Wildman–Crippen MR) is 52.9 cm³/mol. The van der Waals surface area contributed by atoms with Crippen molar-refractivity contribution < 1.29 is 15.0 Å². The Labute approximate surface area is 83.0 Å². The number of hydrogen-bond donors (Lipinski definition) is 2. The quantitative estimate of drug-likeness (QED) is 0.746. The van der Waals surface area contributed by atoms with E-state index in [1.807, 2.05) is 0 Å². The fraction of sp³-hybridized carbons (Fsp3) is 0.364. The lowest BCUT2D eigenvalue weighted by atomic mass is 10.0. The Hall–Kier alpha value is -1.19. The summed E-state index contributed by atoms with van der Waals surface area (Å²) in [7, 11) is 0. The maximum Gasteiger partial charge on any atom is 0.134 e. The first-order valence-corrected chi connectivity index (χ1v) is 4.50. The van der Waals surface area contributed by atoms with Crippen LogP contribution in [-0.2, 0) is 11.2 Å². The lowest BCUT2D eigenvalue weighted by Gasteiger charge is -2.07. The summed E-state index contributed by atoms with van der Waals surface area (Å²) in [6.45, 7) is 1.25. The van der Waals surface area contributed by atoms with Crippen molar-refractivity contribution in [2.45, 2.75) is 19.4 Å². The molecule has 2 N–H and O–H groups in total. The van der Waals surface area contributed by atoms with E-state index >= 15 is 0 Å². The van der Waals surface area contributed by atoms with Crippen LogP contribution in [0.25, 0.3) is 0 Å². The lowest BCUT2D eigenvalue weighted by molar-refractivity contribution is -0.116. The molecule has 0 aliphatic carbocycles. The van der Waals surface area contributed by atoms with Crippen molar-refractivity contribution in [3.05, 3.63) is 35.4 Å². The maximum atomic E-state index is 10.8. The summed E-state index contributed by atoms with van der Waals surface area (Å²) in [4.78, 5) is 10.8. The molecule has 3 nitrogen and oxygen atoms in total. The Morgan fingerprint density at radius 2 is 1.93 bits per heavy atom. The lowest BCUT2D eigenvalue weighted by Crippen LogP contribution is -2.03. The minimum absolute atomic E-state index is 0.112. The van der Waals surface area contributed by atoms with Gasteiger partial charge in [-0.05, 0) is 18.1 Å². The van der Waals surface area contributed by atoms with Crippen LogP contribution in [0.1, 0.15) is 24.2 Å². The average Bonchev–Trinajstić information content (AvgIpc) is 2.17. The second-order valence-electron chi connectivity index (χ2n) is 3.32. The predicted octanol–water partition coefficient (Wildman–Crippen LogP) is 0.844. The molecule has 0 aliphatic heterocycles. The van der Waals surface area contributed by atoms with Crippen molar-refractivity contribution in [2.75, 3.05) is 6.61 Å². The van der Waals surface area contributed by atoms with Crippen LogP contribution in [-0.4, -0.2) is 22.6 Å². The summed E-state index contributed by atoms with van der Waals surface area (Å²) in [5, 5.41) is 18.0. The Balaban J connectivity index is 2.73. The monoisotopic (exact) mass is 194 g/mol. The first kappa shape index (κ1) is 10.9. The van der Waals surface area contributed by atoms with Gasteiger partial charge in [0.15, 0.2) is 0 Å². The van der Waals surface area contributed by atoms with E-state index in [1.165, 1.54) is 6.92 Å². The molecule has 0 fully saturated rings. The normalized spacial score (nSPS) is 12.5. The fourth-order valence-corrected chi connectivity index (χ4v) is 1.25. The van der Waals surface area contributed by atoms with Crippen LogP contribution < -0.4 is 0 Å². The number of carbonyl (C=O) groups is 1. The van der Waals surface area contributed by atoms with Gasteiger partial charge in [-0.2, -0.15) is 0 Å². The van der Waals surface area contributed by atoms with Crippen molar-refractivity contribution >= 4 is 5.78 Å². The molecule has 1 aromatic rings. The standard InChI is InChI=1S/C11H14O3/c1-8(13)6-9-2-4-10(5-3-9)11(14)7-12/h2-5,11-12,14H,6-7H2,1H3. The molecule has 0 amide bonds. The second-order valence-corrected chi connectivity index (χ2v) is 3.32. The molecule has 0 saturated heterocycles. The van der Waals surface area contributed by atoms with Gasteiger partial charge in [-0.25, -0.2) is 0 Å².